The SMILES string of the molecule is CCc1nnc(C)cc1C(=O)NC(CC)CC(N)=S. The number of thiocarbonyl (C=S) groups is 1. The lowest BCUT2D eigenvalue weighted by molar-refractivity contribution is 0.0935. The number of amides is 1. The lowest BCUT2D eigenvalue weighted by atomic mass is 10.1. The molecule has 104 valence electrons. The van der Waals surface area contributed by atoms with Crippen molar-refractivity contribution in [3.05, 3.63) is 23.0 Å². The number of nitrogens with two attached hydrogens (primary N) is 1. The van der Waals surface area contributed by atoms with Crippen molar-refractivity contribution in [2.75, 3.05) is 0 Å². The predicted molar refractivity (Wildman–Crippen MR) is 79.1 cm³/mol. The van der Waals surface area contributed by atoms with Crippen LogP contribution in [-0.4, -0.2) is 27.1 Å². The Morgan fingerprint density at radius 3 is 2.68 bits per heavy atom. The summed E-state index contributed by atoms with van der Waals surface area (Å²) in [4.78, 5) is 12.7. The molecule has 5 nitrogen and oxygen atoms in total. The molecule has 1 atom stereocenters. The van der Waals surface area contributed by atoms with E-state index >= 15 is 0 Å². The molecule has 0 saturated carbocycles. The summed E-state index contributed by atoms with van der Waals surface area (Å²) in [6.45, 7) is 5.75. The zero-order valence-corrected chi connectivity index (χ0v) is 12.4. The molecule has 0 aromatic carbocycles. The van der Waals surface area contributed by atoms with Crippen molar-refractivity contribution in [3.63, 3.8) is 0 Å². The molecule has 1 unspecified atom stereocenters. The second-order valence-corrected chi connectivity index (χ2v) is 4.97. The monoisotopic (exact) mass is 280 g/mol. The van der Waals surface area contributed by atoms with Gasteiger partial charge in [0.2, 0.25) is 0 Å². The van der Waals surface area contributed by atoms with Crippen molar-refractivity contribution in [3.8, 4) is 0 Å². The Bertz CT molecular complexity index is 476. The first-order valence-electron chi connectivity index (χ1n) is 6.40. The quantitative estimate of drug-likeness (QED) is 0.772. The molecular formula is C13H20N4OS. The molecule has 6 heteroatoms. The van der Waals surface area contributed by atoms with Gasteiger partial charge >= 0.3 is 0 Å². The van der Waals surface area contributed by atoms with Gasteiger partial charge in [-0.3, -0.25) is 4.79 Å². The Morgan fingerprint density at radius 1 is 1.47 bits per heavy atom. The van der Waals surface area contributed by atoms with Crippen molar-refractivity contribution in [1.29, 1.82) is 0 Å². The number of aryl methyl sites for hydroxylation is 2. The Morgan fingerprint density at radius 2 is 2.16 bits per heavy atom. The molecular weight excluding hydrogens is 260 g/mol. The van der Waals surface area contributed by atoms with Crippen LogP contribution in [0.5, 0.6) is 0 Å². The van der Waals surface area contributed by atoms with E-state index in [1.165, 1.54) is 0 Å². The maximum atomic E-state index is 12.3. The van der Waals surface area contributed by atoms with Crippen molar-refractivity contribution >= 4 is 23.1 Å². The fourth-order valence-electron chi connectivity index (χ4n) is 1.78. The van der Waals surface area contributed by atoms with Crippen molar-refractivity contribution in [2.24, 2.45) is 5.73 Å². The normalized spacial score (nSPS) is 11.9. The fraction of sp³-hybridized carbons (Fsp3) is 0.538. The summed E-state index contributed by atoms with van der Waals surface area (Å²) in [5.41, 5.74) is 7.53. The minimum atomic E-state index is -0.141. The highest BCUT2D eigenvalue weighted by atomic mass is 32.1. The number of carbonyl (C=O) groups excluding carboxylic acids is 1. The van der Waals surface area contributed by atoms with Crippen molar-refractivity contribution in [2.45, 2.75) is 46.1 Å². The molecule has 3 N–H and O–H groups in total. The number of hydrogen-bond donors (Lipinski definition) is 2. The molecule has 1 amide bonds. The molecule has 0 aliphatic carbocycles. The molecule has 1 aromatic rings. The van der Waals surface area contributed by atoms with Gasteiger partial charge in [-0.15, -0.1) is 0 Å². The van der Waals surface area contributed by atoms with Crippen LogP contribution in [0, 0.1) is 6.92 Å². The summed E-state index contributed by atoms with van der Waals surface area (Å²) in [7, 11) is 0. The molecule has 1 aromatic heterocycles. The van der Waals surface area contributed by atoms with Crippen LogP contribution in [0.1, 0.15) is 48.4 Å². The molecule has 1 heterocycles. The van der Waals surface area contributed by atoms with Gasteiger partial charge in [0, 0.05) is 12.5 Å². The minimum absolute atomic E-state index is 0.0387. The molecule has 0 radical (unpaired) electrons. The van der Waals surface area contributed by atoms with Crippen LogP contribution >= 0.6 is 12.2 Å². The maximum Gasteiger partial charge on any atom is 0.253 e. The molecule has 0 aliphatic rings. The van der Waals surface area contributed by atoms with Crippen LogP contribution in [0.15, 0.2) is 6.07 Å². The van der Waals surface area contributed by atoms with Gasteiger partial charge in [-0.05, 0) is 25.8 Å². The first-order valence-corrected chi connectivity index (χ1v) is 6.81. The van der Waals surface area contributed by atoms with E-state index in [1.807, 2.05) is 20.8 Å². The Hall–Kier alpha value is -1.56. The summed E-state index contributed by atoms with van der Waals surface area (Å²) < 4.78 is 0. The third-order valence-corrected chi connectivity index (χ3v) is 3.01. The van der Waals surface area contributed by atoms with Crippen molar-refractivity contribution < 1.29 is 4.79 Å². The summed E-state index contributed by atoms with van der Waals surface area (Å²) in [6, 6.07) is 1.72. The van der Waals surface area contributed by atoms with Crippen LogP contribution in [0.25, 0.3) is 0 Å². The Balaban J connectivity index is 2.87. The largest absolute Gasteiger partial charge is 0.393 e. The molecule has 19 heavy (non-hydrogen) atoms. The van der Waals surface area contributed by atoms with E-state index in [-0.39, 0.29) is 11.9 Å². The minimum Gasteiger partial charge on any atom is -0.393 e. The van der Waals surface area contributed by atoms with Gasteiger partial charge in [0.25, 0.3) is 5.91 Å². The Kier molecular flexibility index (Phi) is 5.82. The van der Waals surface area contributed by atoms with Crippen LogP contribution in [-0.2, 0) is 6.42 Å². The zero-order chi connectivity index (χ0) is 14.4. The van der Waals surface area contributed by atoms with E-state index in [9.17, 15) is 4.79 Å². The maximum absolute atomic E-state index is 12.3. The van der Waals surface area contributed by atoms with Crippen LogP contribution in [0.4, 0.5) is 0 Å². The lowest BCUT2D eigenvalue weighted by Crippen LogP contribution is -2.37. The van der Waals surface area contributed by atoms with E-state index in [0.717, 1.165) is 12.1 Å². The van der Waals surface area contributed by atoms with Crippen LogP contribution in [0.2, 0.25) is 0 Å². The van der Waals surface area contributed by atoms with E-state index in [1.54, 1.807) is 6.07 Å². The molecule has 0 spiro atoms. The third kappa shape index (κ3) is 4.55. The number of carbonyl (C=O) groups is 1. The van der Waals surface area contributed by atoms with Crippen LogP contribution < -0.4 is 11.1 Å². The van der Waals surface area contributed by atoms with Gasteiger partial charge in [-0.2, -0.15) is 10.2 Å². The molecule has 0 fully saturated rings. The fourth-order valence-corrected chi connectivity index (χ4v) is 1.98. The summed E-state index contributed by atoms with van der Waals surface area (Å²) in [6.07, 6.45) is 1.96. The second kappa shape index (κ2) is 7.13. The third-order valence-electron chi connectivity index (χ3n) is 2.85. The Labute approximate surface area is 119 Å². The molecule has 0 aliphatic heterocycles. The summed E-state index contributed by atoms with van der Waals surface area (Å²) in [5, 5.41) is 11.0. The lowest BCUT2D eigenvalue weighted by Gasteiger charge is -2.17. The van der Waals surface area contributed by atoms with E-state index in [0.29, 0.717) is 29.1 Å². The first kappa shape index (κ1) is 15.5. The number of aromatic nitrogens is 2. The highest BCUT2D eigenvalue weighted by Gasteiger charge is 2.17. The van der Waals surface area contributed by atoms with E-state index in [2.05, 4.69) is 15.5 Å². The highest BCUT2D eigenvalue weighted by molar-refractivity contribution is 7.80. The average molecular weight is 280 g/mol. The van der Waals surface area contributed by atoms with Gasteiger partial charge in [-0.1, -0.05) is 26.1 Å². The van der Waals surface area contributed by atoms with Crippen LogP contribution in [0.3, 0.4) is 0 Å². The molecule has 1 rings (SSSR count). The standard InChI is InChI=1S/C13H20N4OS/c1-4-9(7-12(14)19)15-13(18)10-6-8(3)16-17-11(10)5-2/h6,9H,4-5,7H2,1-3H3,(H2,14,19)(H,15,18). The summed E-state index contributed by atoms with van der Waals surface area (Å²) in [5.74, 6) is -0.141. The first-order chi connectivity index (χ1) is 8.97. The molecule has 0 bridgehead atoms. The topological polar surface area (TPSA) is 80.9 Å². The van der Waals surface area contributed by atoms with Gasteiger partial charge < -0.3 is 11.1 Å². The average Bonchev–Trinajstić information content (AvgIpc) is 2.37. The van der Waals surface area contributed by atoms with Gasteiger partial charge in [0.15, 0.2) is 0 Å². The van der Waals surface area contributed by atoms with Gasteiger partial charge in [-0.25, -0.2) is 0 Å². The van der Waals surface area contributed by atoms with Crippen molar-refractivity contribution in [1.82, 2.24) is 15.5 Å². The smallest absolute Gasteiger partial charge is 0.253 e. The number of hydrogen-bond acceptors (Lipinski definition) is 4. The highest BCUT2D eigenvalue weighted by Crippen LogP contribution is 2.09. The summed E-state index contributed by atoms with van der Waals surface area (Å²) >= 11 is 4.88. The van der Waals surface area contributed by atoms with E-state index in [4.69, 9.17) is 18.0 Å². The number of nitrogens with one attached hydrogen (secondary N) is 1. The number of nitrogens with zero attached hydrogens (tertiary/aromatic N) is 2. The van der Waals surface area contributed by atoms with E-state index < -0.39 is 0 Å². The predicted octanol–water partition coefficient (Wildman–Crippen LogP) is 1.53. The van der Waals surface area contributed by atoms with Gasteiger partial charge in [0.1, 0.15) is 0 Å². The van der Waals surface area contributed by atoms with Gasteiger partial charge in [0.05, 0.1) is 21.9 Å². The molecule has 0 saturated heterocycles. The zero-order valence-electron chi connectivity index (χ0n) is 11.6. The second-order valence-electron chi connectivity index (χ2n) is 4.45. The number of rotatable bonds is 6.